The lowest BCUT2D eigenvalue weighted by Crippen LogP contribution is -2.31. The molecule has 9 nitrogen and oxygen atoms in total. The van der Waals surface area contributed by atoms with Gasteiger partial charge in [0.25, 0.3) is 11.5 Å². The topological polar surface area (TPSA) is 109 Å². The number of hydrogen-bond donors (Lipinski definition) is 3. The molecule has 0 saturated carbocycles. The Bertz CT molecular complexity index is 1280. The van der Waals surface area contributed by atoms with Gasteiger partial charge in [0.2, 0.25) is 0 Å². The summed E-state index contributed by atoms with van der Waals surface area (Å²) in [5.74, 6) is 0.403. The first-order valence-electron chi connectivity index (χ1n) is 11.3. The Labute approximate surface area is 195 Å². The number of nitrogens with zero attached hydrogens (tertiary/aromatic N) is 3. The zero-order valence-electron chi connectivity index (χ0n) is 18.5. The first kappa shape index (κ1) is 22.5. The third-order valence-corrected chi connectivity index (χ3v) is 6.32. The number of carbonyl (C=O) groups is 1. The van der Waals surface area contributed by atoms with E-state index in [1.54, 1.807) is 22.8 Å². The predicted molar refractivity (Wildman–Crippen MR) is 124 cm³/mol. The third-order valence-electron chi connectivity index (χ3n) is 6.32. The summed E-state index contributed by atoms with van der Waals surface area (Å²) in [5, 5.41) is 17.4. The van der Waals surface area contributed by atoms with Gasteiger partial charge in [0.05, 0.1) is 17.3 Å². The molecular formula is C24H26FN5O4. The molecule has 2 atom stereocenters. The van der Waals surface area contributed by atoms with E-state index < -0.39 is 6.10 Å². The van der Waals surface area contributed by atoms with Crippen molar-refractivity contribution in [3.63, 3.8) is 0 Å². The van der Waals surface area contributed by atoms with E-state index >= 15 is 0 Å². The van der Waals surface area contributed by atoms with E-state index in [9.17, 15) is 19.1 Å². The molecule has 1 fully saturated rings. The van der Waals surface area contributed by atoms with Crippen LogP contribution in [0.1, 0.15) is 5.69 Å². The van der Waals surface area contributed by atoms with Gasteiger partial charge in [0.1, 0.15) is 5.82 Å². The molecule has 2 aliphatic heterocycles. The molecule has 0 spiro atoms. The number of pyridine rings is 2. The van der Waals surface area contributed by atoms with E-state index in [1.807, 2.05) is 6.07 Å². The fraction of sp³-hybridized carbons (Fsp3) is 0.375. The summed E-state index contributed by atoms with van der Waals surface area (Å²) in [6, 6.07) is 11.3. The standard InChI is InChI=1S/C24H26FN5O4/c25-17-3-1-15-2-6-23(33)30(19(15)9-17)8-7-29-12-16(20(31)13-29)10-26-11-18-4-5-21-24(27-18)28-22(32)14-34-21/h1-6,9,16,20,26,31H,7-8,10-14H2,(H,27,28,32)/t16-,20-/m1/s1. The van der Waals surface area contributed by atoms with Crippen LogP contribution in [0.25, 0.3) is 10.9 Å². The average molecular weight is 468 g/mol. The van der Waals surface area contributed by atoms with Crippen LogP contribution in [0.15, 0.2) is 47.3 Å². The number of carbonyl (C=O) groups excluding carboxylic acids is 1. The Morgan fingerprint density at radius 3 is 2.88 bits per heavy atom. The molecule has 0 aliphatic carbocycles. The number of hydrogen-bond acceptors (Lipinski definition) is 7. The molecule has 178 valence electrons. The van der Waals surface area contributed by atoms with Crippen molar-refractivity contribution in [1.82, 2.24) is 19.8 Å². The number of amides is 1. The van der Waals surface area contributed by atoms with Crippen LogP contribution < -0.4 is 20.9 Å². The van der Waals surface area contributed by atoms with Gasteiger partial charge in [-0.3, -0.25) is 14.5 Å². The van der Waals surface area contributed by atoms with Gasteiger partial charge in [0.15, 0.2) is 18.2 Å². The van der Waals surface area contributed by atoms with E-state index in [2.05, 4.69) is 20.5 Å². The van der Waals surface area contributed by atoms with Gasteiger partial charge in [-0.15, -0.1) is 0 Å². The Balaban J connectivity index is 1.15. The first-order chi connectivity index (χ1) is 16.5. The lowest BCUT2D eigenvalue weighted by atomic mass is 10.1. The van der Waals surface area contributed by atoms with Crippen molar-refractivity contribution in [2.75, 3.05) is 38.1 Å². The highest BCUT2D eigenvalue weighted by molar-refractivity contribution is 5.94. The van der Waals surface area contributed by atoms with Crippen molar-refractivity contribution in [3.8, 4) is 5.75 Å². The first-order valence-corrected chi connectivity index (χ1v) is 11.3. The summed E-state index contributed by atoms with van der Waals surface area (Å²) in [6.45, 7) is 3.27. The van der Waals surface area contributed by atoms with Gasteiger partial charge in [0, 0.05) is 51.3 Å². The number of benzene rings is 1. The molecular weight excluding hydrogens is 441 g/mol. The van der Waals surface area contributed by atoms with Crippen LogP contribution in [0.2, 0.25) is 0 Å². The molecule has 10 heteroatoms. The fourth-order valence-electron chi connectivity index (χ4n) is 4.55. The number of rotatable bonds is 7. The van der Waals surface area contributed by atoms with E-state index in [0.717, 1.165) is 11.1 Å². The maximum Gasteiger partial charge on any atom is 0.263 e. The SMILES string of the molecule is O=C1COc2ccc(CNC[C@@H]3CN(CCn4c(=O)ccc5ccc(F)cc54)C[C@H]3O)nc2N1. The van der Waals surface area contributed by atoms with Crippen molar-refractivity contribution in [1.29, 1.82) is 0 Å². The number of aliphatic hydroxyl groups is 1. The zero-order valence-corrected chi connectivity index (χ0v) is 18.5. The second-order valence-corrected chi connectivity index (χ2v) is 8.73. The quantitative estimate of drug-likeness (QED) is 0.475. The van der Waals surface area contributed by atoms with Gasteiger partial charge in [-0.05, 0) is 41.8 Å². The molecule has 2 aromatic heterocycles. The van der Waals surface area contributed by atoms with E-state index in [4.69, 9.17) is 4.74 Å². The lowest BCUT2D eigenvalue weighted by molar-refractivity contribution is -0.118. The van der Waals surface area contributed by atoms with Gasteiger partial charge in [-0.1, -0.05) is 0 Å². The maximum atomic E-state index is 13.7. The van der Waals surface area contributed by atoms with Crippen molar-refractivity contribution in [2.45, 2.75) is 19.2 Å². The van der Waals surface area contributed by atoms with Crippen LogP contribution >= 0.6 is 0 Å². The molecule has 1 aromatic carbocycles. The summed E-state index contributed by atoms with van der Waals surface area (Å²) in [4.78, 5) is 30.4. The summed E-state index contributed by atoms with van der Waals surface area (Å²) in [7, 11) is 0. The Morgan fingerprint density at radius 1 is 1.15 bits per heavy atom. The molecule has 1 amide bonds. The number of fused-ring (bicyclic) bond motifs is 2. The van der Waals surface area contributed by atoms with Crippen molar-refractivity contribution in [3.05, 3.63) is 64.3 Å². The maximum absolute atomic E-state index is 13.7. The van der Waals surface area contributed by atoms with Gasteiger partial charge in [-0.2, -0.15) is 0 Å². The summed E-state index contributed by atoms with van der Waals surface area (Å²) in [6.07, 6.45) is -0.488. The molecule has 0 bridgehead atoms. The molecule has 2 aliphatic rings. The number of aliphatic hydroxyl groups excluding tert-OH is 1. The largest absolute Gasteiger partial charge is 0.480 e. The molecule has 0 radical (unpaired) electrons. The summed E-state index contributed by atoms with van der Waals surface area (Å²) >= 11 is 0. The van der Waals surface area contributed by atoms with Crippen LogP contribution in [-0.2, 0) is 17.9 Å². The van der Waals surface area contributed by atoms with Gasteiger partial charge < -0.3 is 25.0 Å². The Morgan fingerprint density at radius 2 is 2.00 bits per heavy atom. The smallest absolute Gasteiger partial charge is 0.263 e. The Hall–Kier alpha value is -3.34. The van der Waals surface area contributed by atoms with E-state index in [0.29, 0.717) is 56.4 Å². The minimum Gasteiger partial charge on any atom is -0.480 e. The number of ether oxygens (including phenoxy) is 1. The monoisotopic (exact) mass is 467 g/mol. The van der Waals surface area contributed by atoms with Gasteiger partial charge >= 0.3 is 0 Å². The number of likely N-dealkylation sites (tertiary alicyclic amines) is 1. The molecule has 34 heavy (non-hydrogen) atoms. The fourth-order valence-corrected chi connectivity index (χ4v) is 4.55. The second-order valence-electron chi connectivity index (χ2n) is 8.73. The molecule has 3 aromatic rings. The van der Waals surface area contributed by atoms with E-state index in [1.165, 1.54) is 18.2 Å². The zero-order chi connectivity index (χ0) is 23.7. The number of halogens is 1. The minimum absolute atomic E-state index is 0.00559. The minimum atomic E-state index is -0.488. The van der Waals surface area contributed by atoms with Crippen molar-refractivity contribution >= 4 is 22.6 Å². The summed E-state index contributed by atoms with van der Waals surface area (Å²) in [5.41, 5.74) is 1.16. The van der Waals surface area contributed by atoms with Gasteiger partial charge in [-0.25, -0.2) is 9.37 Å². The number of anilines is 1. The molecule has 0 unspecified atom stereocenters. The number of nitrogens with one attached hydrogen (secondary N) is 2. The molecule has 5 rings (SSSR count). The molecule has 3 N–H and O–H groups in total. The molecule has 4 heterocycles. The van der Waals surface area contributed by atoms with Crippen LogP contribution in [0.4, 0.5) is 10.2 Å². The van der Waals surface area contributed by atoms with Crippen molar-refractivity contribution in [2.24, 2.45) is 5.92 Å². The average Bonchev–Trinajstić information content (AvgIpc) is 3.17. The predicted octanol–water partition coefficient (Wildman–Crippen LogP) is 0.949. The summed E-state index contributed by atoms with van der Waals surface area (Å²) < 4.78 is 20.6. The highest BCUT2D eigenvalue weighted by Crippen LogP contribution is 2.25. The third kappa shape index (κ3) is 4.79. The highest BCUT2D eigenvalue weighted by Gasteiger charge is 2.30. The lowest BCUT2D eigenvalue weighted by Gasteiger charge is -2.18. The normalized spacial score (nSPS) is 20.2. The van der Waals surface area contributed by atoms with Crippen LogP contribution in [0, 0.1) is 11.7 Å². The van der Waals surface area contributed by atoms with Crippen LogP contribution in [0.3, 0.4) is 0 Å². The second kappa shape index (κ2) is 9.49. The van der Waals surface area contributed by atoms with Crippen LogP contribution in [0.5, 0.6) is 5.75 Å². The Kier molecular flexibility index (Phi) is 6.27. The molecule has 1 saturated heterocycles. The van der Waals surface area contributed by atoms with Crippen molar-refractivity contribution < 1.29 is 19.0 Å². The van der Waals surface area contributed by atoms with E-state index in [-0.39, 0.29) is 29.8 Å². The van der Waals surface area contributed by atoms with Crippen LogP contribution in [-0.4, -0.2) is 64.4 Å². The highest BCUT2D eigenvalue weighted by atomic mass is 19.1. The number of β-amino-alcohol motifs (C(OH)–C–C–N with tert-alkyl or cyclic N) is 1. The number of aromatic nitrogens is 2.